The minimum absolute atomic E-state index is 0.0669. The van der Waals surface area contributed by atoms with E-state index in [1.54, 1.807) is 12.1 Å². The third-order valence-corrected chi connectivity index (χ3v) is 3.53. The first-order valence-corrected chi connectivity index (χ1v) is 7.36. The van der Waals surface area contributed by atoms with E-state index in [0.29, 0.717) is 23.7 Å². The SMILES string of the molecule is O=C(CCNc1ccc(Br)cc1)Nc1ccccc1Cl. The van der Waals surface area contributed by atoms with Crippen LogP contribution in [0.1, 0.15) is 6.42 Å². The fraction of sp³-hybridized carbons (Fsp3) is 0.133. The van der Waals surface area contributed by atoms with Gasteiger partial charge in [0.15, 0.2) is 0 Å². The van der Waals surface area contributed by atoms with Gasteiger partial charge in [-0.25, -0.2) is 0 Å². The lowest BCUT2D eigenvalue weighted by molar-refractivity contribution is -0.115. The lowest BCUT2D eigenvalue weighted by atomic mass is 10.3. The van der Waals surface area contributed by atoms with E-state index in [1.165, 1.54) is 0 Å². The summed E-state index contributed by atoms with van der Waals surface area (Å²) in [7, 11) is 0. The Labute approximate surface area is 131 Å². The van der Waals surface area contributed by atoms with Crippen molar-refractivity contribution in [3.05, 3.63) is 58.0 Å². The van der Waals surface area contributed by atoms with E-state index >= 15 is 0 Å². The first-order chi connectivity index (χ1) is 9.65. The lowest BCUT2D eigenvalue weighted by Crippen LogP contribution is -2.16. The average molecular weight is 354 g/mol. The summed E-state index contributed by atoms with van der Waals surface area (Å²) in [4.78, 5) is 11.8. The minimum atomic E-state index is -0.0669. The molecule has 0 unspecified atom stereocenters. The maximum atomic E-state index is 11.8. The molecule has 0 aliphatic rings. The standard InChI is InChI=1S/C15H14BrClN2O/c16-11-5-7-12(8-6-11)18-10-9-15(20)19-14-4-2-1-3-13(14)17/h1-8,18H,9-10H2,(H,19,20). The summed E-state index contributed by atoms with van der Waals surface area (Å²) in [6.07, 6.45) is 0.376. The second-order valence-electron chi connectivity index (χ2n) is 4.21. The molecule has 0 heterocycles. The van der Waals surface area contributed by atoms with Crippen LogP contribution in [-0.4, -0.2) is 12.5 Å². The van der Waals surface area contributed by atoms with Gasteiger partial charge in [-0.05, 0) is 36.4 Å². The molecule has 2 N–H and O–H groups in total. The van der Waals surface area contributed by atoms with E-state index < -0.39 is 0 Å². The molecular weight excluding hydrogens is 340 g/mol. The van der Waals surface area contributed by atoms with Gasteiger partial charge in [0.05, 0.1) is 10.7 Å². The van der Waals surface area contributed by atoms with Gasteiger partial charge in [-0.3, -0.25) is 4.79 Å². The van der Waals surface area contributed by atoms with Crippen LogP contribution in [-0.2, 0) is 4.79 Å². The Balaban J connectivity index is 1.78. The van der Waals surface area contributed by atoms with Crippen molar-refractivity contribution in [3.8, 4) is 0 Å². The van der Waals surface area contributed by atoms with Gasteiger partial charge in [0.25, 0.3) is 0 Å². The molecule has 2 rings (SSSR count). The number of benzene rings is 2. The Hall–Kier alpha value is -1.52. The predicted molar refractivity (Wildman–Crippen MR) is 87.3 cm³/mol. The maximum absolute atomic E-state index is 11.8. The Morgan fingerprint density at radius 1 is 1.10 bits per heavy atom. The average Bonchev–Trinajstić information content (AvgIpc) is 2.44. The van der Waals surface area contributed by atoms with E-state index in [2.05, 4.69) is 26.6 Å². The van der Waals surface area contributed by atoms with Crippen molar-refractivity contribution in [2.24, 2.45) is 0 Å². The van der Waals surface area contributed by atoms with Crippen LogP contribution in [0.5, 0.6) is 0 Å². The first kappa shape index (κ1) is 14.9. The molecule has 0 saturated carbocycles. The molecule has 0 bridgehead atoms. The third kappa shape index (κ3) is 4.54. The number of carbonyl (C=O) groups is 1. The van der Waals surface area contributed by atoms with Crippen LogP contribution >= 0.6 is 27.5 Å². The lowest BCUT2D eigenvalue weighted by Gasteiger charge is -2.08. The van der Waals surface area contributed by atoms with Gasteiger partial charge < -0.3 is 10.6 Å². The number of rotatable bonds is 5. The van der Waals surface area contributed by atoms with Gasteiger partial charge in [-0.2, -0.15) is 0 Å². The largest absolute Gasteiger partial charge is 0.385 e. The number of hydrogen-bond acceptors (Lipinski definition) is 2. The summed E-state index contributed by atoms with van der Waals surface area (Å²) in [5.41, 5.74) is 1.63. The van der Waals surface area contributed by atoms with Crippen LogP contribution < -0.4 is 10.6 Å². The van der Waals surface area contributed by atoms with Gasteiger partial charge in [-0.15, -0.1) is 0 Å². The van der Waals surface area contributed by atoms with Crippen LogP contribution in [0.3, 0.4) is 0 Å². The summed E-state index contributed by atoms with van der Waals surface area (Å²) in [5.74, 6) is -0.0669. The fourth-order valence-corrected chi connectivity index (χ4v) is 2.11. The number of para-hydroxylation sites is 1. The Kier molecular flexibility index (Phi) is 5.44. The van der Waals surface area contributed by atoms with Crippen LogP contribution in [0.4, 0.5) is 11.4 Å². The van der Waals surface area contributed by atoms with Crippen LogP contribution in [0.25, 0.3) is 0 Å². The van der Waals surface area contributed by atoms with Crippen molar-refractivity contribution in [1.82, 2.24) is 0 Å². The highest BCUT2D eigenvalue weighted by Gasteiger charge is 2.04. The van der Waals surface area contributed by atoms with Gasteiger partial charge in [-0.1, -0.05) is 39.7 Å². The molecule has 0 spiro atoms. The minimum Gasteiger partial charge on any atom is -0.385 e. The molecule has 0 fully saturated rings. The number of nitrogens with one attached hydrogen (secondary N) is 2. The van der Waals surface area contributed by atoms with Crippen molar-refractivity contribution in [2.75, 3.05) is 17.2 Å². The summed E-state index contributed by atoms with van der Waals surface area (Å²) in [6, 6.07) is 15.0. The van der Waals surface area contributed by atoms with Gasteiger partial charge >= 0.3 is 0 Å². The van der Waals surface area contributed by atoms with Crippen LogP contribution in [0.15, 0.2) is 53.0 Å². The maximum Gasteiger partial charge on any atom is 0.226 e. The smallest absolute Gasteiger partial charge is 0.226 e. The molecule has 0 aromatic heterocycles. The number of anilines is 2. The molecule has 5 heteroatoms. The van der Waals surface area contributed by atoms with Crippen LogP contribution in [0, 0.1) is 0 Å². The summed E-state index contributed by atoms with van der Waals surface area (Å²) < 4.78 is 1.03. The second-order valence-corrected chi connectivity index (χ2v) is 5.53. The number of hydrogen-bond donors (Lipinski definition) is 2. The van der Waals surface area contributed by atoms with Crippen molar-refractivity contribution in [2.45, 2.75) is 6.42 Å². The second kappa shape index (κ2) is 7.31. The van der Waals surface area contributed by atoms with Crippen molar-refractivity contribution in [1.29, 1.82) is 0 Å². The topological polar surface area (TPSA) is 41.1 Å². The molecule has 3 nitrogen and oxygen atoms in total. The zero-order valence-electron chi connectivity index (χ0n) is 10.7. The molecule has 0 aliphatic heterocycles. The monoisotopic (exact) mass is 352 g/mol. The van der Waals surface area contributed by atoms with E-state index in [1.807, 2.05) is 36.4 Å². The van der Waals surface area contributed by atoms with Crippen molar-refractivity contribution >= 4 is 44.8 Å². The fourth-order valence-electron chi connectivity index (χ4n) is 1.66. The van der Waals surface area contributed by atoms with Crippen molar-refractivity contribution in [3.63, 3.8) is 0 Å². The molecule has 0 radical (unpaired) electrons. The number of amides is 1. The molecule has 20 heavy (non-hydrogen) atoms. The van der Waals surface area contributed by atoms with E-state index in [0.717, 1.165) is 10.2 Å². The van der Waals surface area contributed by atoms with E-state index in [-0.39, 0.29) is 5.91 Å². The molecule has 0 saturated heterocycles. The normalized spacial score (nSPS) is 10.1. The predicted octanol–water partition coefficient (Wildman–Crippen LogP) is 4.54. The quantitative estimate of drug-likeness (QED) is 0.828. The van der Waals surface area contributed by atoms with Crippen molar-refractivity contribution < 1.29 is 4.79 Å². The highest BCUT2D eigenvalue weighted by atomic mass is 79.9. The van der Waals surface area contributed by atoms with Gasteiger partial charge in [0.2, 0.25) is 5.91 Å². The Morgan fingerprint density at radius 2 is 1.80 bits per heavy atom. The summed E-state index contributed by atoms with van der Waals surface area (Å²) in [5, 5.41) is 6.52. The number of halogens is 2. The first-order valence-electron chi connectivity index (χ1n) is 6.19. The molecule has 104 valence electrons. The molecule has 0 atom stereocenters. The zero-order chi connectivity index (χ0) is 14.4. The molecule has 0 aliphatic carbocycles. The van der Waals surface area contributed by atoms with Gasteiger partial charge in [0, 0.05) is 23.1 Å². The zero-order valence-corrected chi connectivity index (χ0v) is 13.0. The Bertz CT molecular complexity index is 587. The van der Waals surface area contributed by atoms with E-state index in [4.69, 9.17) is 11.6 Å². The summed E-state index contributed by atoms with van der Waals surface area (Å²) in [6.45, 7) is 0.567. The third-order valence-electron chi connectivity index (χ3n) is 2.67. The highest BCUT2D eigenvalue weighted by Crippen LogP contribution is 2.20. The van der Waals surface area contributed by atoms with Crippen LogP contribution in [0.2, 0.25) is 5.02 Å². The summed E-state index contributed by atoms with van der Waals surface area (Å²) >= 11 is 9.35. The molecule has 2 aromatic carbocycles. The molecule has 1 amide bonds. The molecular formula is C15H14BrClN2O. The number of carbonyl (C=O) groups excluding carboxylic acids is 1. The highest BCUT2D eigenvalue weighted by molar-refractivity contribution is 9.10. The van der Waals surface area contributed by atoms with Gasteiger partial charge in [0.1, 0.15) is 0 Å². The van der Waals surface area contributed by atoms with E-state index in [9.17, 15) is 4.79 Å². The Morgan fingerprint density at radius 3 is 2.50 bits per heavy atom. The molecule has 2 aromatic rings.